The molecule has 0 radical (unpaired) electrons. The lowest BCUT2D eigenvalue weighted by atomic mass is 10.1. The van der Waals surface area contributed by atoms with E-state index < -0.39 is 17.9 Å². The number of benzene rings is 1. The number of aliphatic carboxylic acids is 1. The van der Waals surface area contributed by atoms with Gasteiger partial charge in [0.15, 0.2) is 12.0 Å². The lowest BCUT2D eigenvalue weighted by Crippen LogP contribution is -2.36. The van der Waals surface area contributed by atoms with Crippen LogP contribution in [0.1, 0.15) is 23.7 Å². The third kappa shape index (κ3) is 5.89. The van der Waals surface area contributed by atoms with Crippen LogP contribution in [-0.4, -0.2) is 44.5 Å². The highest BCUT2D eigenvalue weighted by Gasteiger charge is 2.22. The van der Waals surface area contributed by atoms with Crippen LogP contribution in [0.3, 0.4) is 0 Å². The van der Waals surface area contributed by atoms with Gasteiger partial charge in [0.2, 0.25) is 5.91 Å². The molecule has 1 aromatic heterocycles. The number of amides is 1. The summed E-state index contributed by atoms with van der Waals surface area (Å²) >= 11 is 0. The largest absolute Gasteiger partial charge is 0.479 e. The number of nitrogens with two attached hydrogens (primary N) is 2. The zero-order valence-electron chi connectivity index (χ0n) is 14.1. The van der Waals surface area contributed by atoms with Gasteiger partial charge in [0.1, 0.15) is 6.54 Å². The summed E-state index contributed by atoms with van der Waals surface area (Å²) < 4.78 is 1.36. The minimum absolute atomic E-state index is 0.0386. The van der Waals surface area contributed by atoms with Crippen molar-refractivity contribution in [1.82, 2.24) is 20.3 Å². The molecule has 0 fully saturated rings. The Hall–Kier alpha value is -3.43. The number of carbonyl (C=O) groups excluding carboxylic acids is 1. The van der Waals surface area contributed by atoms with Gasteiger partial charge in [-0.1, -0.05) is 35.5 Å². The average molecular weight is 359 g/mol. The molecule has 0 aliphatic rings. The molecule has 0 aliphatic carbocycles. The first-order valence-corrected chi connectivity index (χ1v) is 7.97. The highest BCUT2D eigenvalue weighted by Crippen LogP contribution is 2.12. The molecular weight excluding hydrogens is 338 g/mol. The number of carbonyl (C=O) groups is 2. The first-order chi connectivity index (χ1) is 12.5. The number of rotatable bonds is 9. The normalized spacial score (nSPS) is 11.5. The minimum Gasteiger partial charge on any atom is -0.479 e. The van der Waals surface area contributed by atoms with E-state index in [1.54, 1.807) is 36.5 Å². The van der Waals surface area contributed by atoms with Crippen molar-refractivity contribution in [3.63, 3.8) is 0 Å². The van der Waals surface area contributed by atoms with Crippen molar-refractivity contribution in [2.24, 2.45) is 16.5 Å². The summed E-state index contributed by atoms with van der Waals surface area (Å²) in [7, 11) is 0. The van der Waals surface area contributed by atoms with Gasteiger partial charge in [-0.25, -0.2) is 9.48 Å². The van der Waals surface area contributed by atoms with Crippen LogP contribution in [0.25, 0.3) is 0 Å². The van der Waals surface area contributed by atoms with Crippen molar-refractivity contribution in [2.45, 2.75) is 25.4 Å². The first kappa shape index (κ1) is 18.9. The first-order valence-electron chi connectivity index (χ1n) is 7.97. The number of carboxylic acids is 1. The molecular formula is C16H21N7O3. The molecule has 0 aliphatic heterocycles. The zero-order chi connectivity index (χ0) is 18.9. The molecule has 0 unspecified atom stereocenters. The van der Waals surface area contributed by atoms with Crippen molar-refractivity contribution < 1.29 is 14.7 Å². The fraction of sp³-hybridized carbons (Fsp3) is 0.312. The standard InChI is InChI=1S/C16H21N7O3/c17-16(18)19-8-4-7-12-9-23(22-21-12)10-13(24)20-14(15(25)26)11-5-2-1-3-6-11/h1-3,5-6,9,14H,4,7-8,10H2,(H,20,24)(H,25,26)(H4,17,18,19)/t14-/m0/s1. The predicted octanol–water partition coefficient (Wildman–Crippen LogP) is -0.574. The summed E-state index contributed by atoms with van der Waals surface area (Å²) in [6.07, 6.45) is 2.94. The van der Waals surface area contributed by atoms with Gasteiger partial charge in [0, 0.05) is 12.7 Å². The molecule has 0 bridgehead atoms. The van der Waals surface area contributed by atoms with E-state index in [4.69, 9.17) is 11.5 Å². The molecule has 2 aromatic rings. The molecule has 2 rings (SSSR count). The number of aliphatic imine (C=N–C) groups is 1. The SMILES string of the molecule is NC(N)=NCCCc1cn(CC(=O)N[C@H](C(=O)O)c2ccccc2)nn1. The number of aromatic nitrogens is 3. The van der Waals surface area contributed by atoms with E-state index in [1.807, 2.05) is 0 Å². The highest BCUT2D eigenvalue weighted by molar-refractivity contribution is 5.84. The summed E-state index contributed by atoms with van der Waals surface area (Å²) in [5.41, 5.74) is 11.7. The second-order valence-electron chi connectivity index (χ2n) is 5.57. The Balaban J connectivity index is 1.89. The van der Waals surface area contributed by atoms with Crippen molar-refractivity contribution in [1.29, 1.82) is 0 Å². The Morgan fingerprint density at radius 3 is 2.65 bits per heavy atom. The van der Waals surface area contributed by atoms with E-state index in [0.29, 0.717) is 30.6 Å². The van der Waals surface area contributed by atoms with Gasteiger partial charge in [-0.3, -0.25) is 9.79 Å². The van der Waals surface area contributed by atoms with Crippen LogP contribution in [-0.2, 0) is 22.6 Å². The molecule has 0 spiro atoms. The lowest BCUT2D eigenvalue weighted by Gasteiger charge is -2.14. The Morgan fingerprint density at radius 2 is 2.00 bits per heavy atom. The maximum Gasteiger partial charge on any atom is 0.330 e. The Morgan fingerprint density at radius 1 is 1.27 bits per heavy atom. The van der Waals surface area contributed by atoms with Crippen molar-refractivity contribution in [2.75, 3.05) is 6.54 Å². The topological polar surface area (TPSA) is 162 Å². The van der Waals surface area contributed by atoms with Gasteiger partial charge in [-0.15, -0.1) is 5.10 Å². The minimum atomic E-state index is -1.14. The van der Waals surface area contributed by atoms with Crippen LogP contribution in [0.2, 0.25) is 0 Å². The lowest BCUT2D eigenvalue weighted by molar-refractivity contribution is -0.142. The second-order valence-corrected chi connectivity index (χ2v) is 5.57. The van der Waals surface area contributed by atoms with Gasteiger partial charge < -0.3 is 21.9 Å². The Bertz CT molecular complexity index is 769. The van der Waals surface area contributed by atoms with E-state index in [2.05, 4.69) is 20.6 Å². The van der Waals surface area contributed by atoms with Gasteiger partial charge in [0.25, 0.3) is 0 Å². The summed E-state index contributed by atoms with van der Waals surface area (Å²) in [5, 5.41) is 19.6. The van der Waals surface area contributed by atoms with E-state index >= 15 is 0 Å². The summed E-state index contributed by atoms with van der Waals surface area (Å²) in [6.45, 7) is 0.352. The molecule has 1 aromatic carbocycles. The Kier molecular flexibility index (Phi) is 6.66. The predicted molar refractivity (Wildman–Crippen MR) is 94.0 cm³/mol. The number of nitrogens with one attached hydrogen (secondary N) is 1. The number of hydrogen-bond acceptors (Lipinski definition) is 5. The molecule has 1 heterocycles. The van der Waals surface area contributed by atoms with Crippen LogP contribution < -0.4 is 16.8 Å². The summed E-state index contributed by atoms with van der Waals surface area (Å²) in [4.78, 5) is 27.4. The average Bonchev–Trinajstić information content (AvgIpc) is 3.04. The van der Waals surface area contributed by atoms with Gasteiger partial charge in [0.05, 0.1) is 5.69 Å². The fourth-order valence-electron chi connectivity index (χ4n) is 2.29. The molecule has 6 N–H and O–H groups in total. The summed E-state index contributed by atoms with van der Waals surface area (Å²) in [5.74, 6) is -1.57. The van der Waals surface area contributed by atoms with E-state index in [1.165, 1.54) is 4.68 Å². The van der Waals surface area contributed by atoms with E-state index in [9.17, 15) is 14.7 Å². The summed E-state index contributed by atoms with van der Waals surface area (Å²) in [6, 6.07) is 7.36. The zero-order valence-corrected chi connectivity index (χ0v) is 14.1. The number of guanidine groups is 1. The van der Waals surface area contributed by atoms with Crippen molar-refractivity contribution in [3.8, 4) is 0 Å². The molecule has 10 nitrogen and oxygen atoms in total. The van der Waals surface area contributed by atoms with Crippen molar-refractivity contribution in [3.05, 3.63) is 47.8 Å². The molecule has 0 saturated heterocycles. The van der Waals surface area contributed by atoms with Crippen LogP contribution in [0.4, 0.5) is 0 Å². The Labute approximate surface area is 149 Å². The van der Waals surface area contributed by atoms with Gasteiger partial charge >= 0.3 is 5.97 Å². The maximum absolute atomic E-state index is 12.1. The quantitative estimate of drug-likeness (QED) is 0.265. The number of carboxylic acid groups (broad SMARTS) is 1. The number of aryl methyl sites for hydroxylation is 1. The van der Waals surface area contributed by atoms with Crippen LogP contribution >= 0.6 is 0 Å². The third-order valence-electron chi connectivity index (χ3n) is 3.46. The molecule has 138 valence electrons. The maximum atomic E-state index is 12.1. The van der Waals surface area contributed by atoms with Gasteiger partial charge in [-0.05, 0) is 18.4 Å². The van der Waals surface area contributed by atoms with E-state index in [-0.39, 0.29) is 12.5 Å². The van der Waals surface area contributed by atoms with Crippen LogP contribution in [0, 0.1) is 0 Å². The van der Waals surface area contributed by atoms with E-state index in [0.717, 1.165) is 0 Å². The second kappa shape index (κ2) is 9.16. The molecule has 0 saturated carbocycles. The third-order valence-corrected chi connectivity index (χ3v) is 3.46. The monoisotopic (exact) mass is 359 g/mol. The number of nitrogens with zero attached hydrogens (tertiary/aromatic N) is 4. The smallest absolute Gasteiger partial charge is 0.330 e. The highest BCUT2D eigenvalue weighted by atomic mass is 16.4. The van der Waals surface area contributed by atoms with Crippen LogP contribution in [0.5, 0.6) is 0 Å². The van der Waals surface area contributed by atoms with Crippen LogP contribution in [0.15, 0.2) is 41.5 Å². The van der Waals surface area contributed by atoms with Crippen molar-refractivity contribution >= 4 is 17.8 Å². The number of hydrogen-bond donors (Lipinski definition) is 4. The fourth-order valence-corrected chi connectivity index (χ4v) is 2.29. The molecule has 10 heteroatoms. The molecule has 26 heavy (non-hydrogen) atoms. The molecule has 1 atom stereocenters. The van der Waals surface area contributed by atoms with Gasteiger partial charge in [-0.2, -0.15) is 0 Å². The molecule has 1 amide bonds.